The summed E-state index contributed by atoms with van der Waals surface area (Å²) in [4.78, 5) is 24.1. The van der Waals surface area contributed by atoms with E-state index in [2.05, 4.69) is 16.0 Å². The van der Waals surface area contributed by atoms with Gasteiger partial charge in [-0.15, -0.1) is 0 Å². The zero-order valence-electron chi connectivity index (χ0n) is 11.9. The van der Waals surface area contributed by atoms with Gasteiger partial charge < -0.3 is 9.80 Å². The summed E-state index contributed by atoms with van der Waals surface area (Å²) >= 11 is 0. The highest BCUT2D eigenvalue weighted by atomic mass is 16.2. The van der Waals surface area contributed by atoms with E-state index in [1.807, 2.05) is 29.3 Å². The fourth-order valence-electron chi connectivity index (χ4n) is 2.63. The van der Waals surface area contributed by atoms with Crippen molar-refractivity contribution in [3.05, 3.63) is 60.2 Å². The molecular formula is C16H19N4O+. The first-order valence-electron chi connectivity index (χ1n) is 7.26. The molecule has 0 saturated carbocycles. The van der Waals surface area contributed by atoms with Gasteiger partial charge in [0.1, 0.15) is 6.54 Å². The fourth-order valence-corrected chi connectivity index (χ4v) is 2.63. The fraction of sp³-hybridized carbons (Fsp3) is 0.312. The van der Waals surface area contributed by atoms with Crippen LogP contribution in [0, 0.1) is 0 Å². The predicted octanol–water partition coefficient (Wildman–Crippen LogP) is 0.0175. The van der Waals surface area contributed by atoms with Crippen LogP contribution in [0.3, 0.4) is 0 Å². The van der Waals surface area contributed by atoms with Gasteiger partial charge in [0.05, 0.1) is 37.4 Å². The maximum absolute atomic E-state index is 12.3. The van der Waals surface area contributed by atoms with Crippen molar-refractivity contribution >= 4 is 5.91 Å². The highest BCUT2D eigenvalue weighted by Crippen LogP contribution is 2.03. The van der Waals surface area contributed by atoms with Gasteiger partial charge in [0.25, 0.3) is 5.91 Å². The third-order valence-electron chi connectivity index (χ3n) is 3.82. The Morgan fingerprint density at radius 2 is 2.00 bits per heavy atom. The SMILES string of the molecule is O=C(c1cccnc1)N1CC[NH+](Cc2ccccn2)CC1. The van der Waals surface area contributed by atoms with Gasteiger partial charge in [-0.3, -0.25) is 14.8 Å². The van der Waals surface area contributed by atoms with Crippen LogP contribution >= 0.6 is 0 Å². The van der Waals surface area contributed by atoms with Crippen molar-refractivity contribution in [1.82, 2.24) is 14.9 Å². The van der Waals surface area contributed by atoms with Crippen molar-refractivity contribution in [2.75, 3.05) is 26.2 Å². The van der Waals surface area contributed by atoms with Gasteiger partial charge in [0.15, 0.2) is 0 Å². The zero-order valence-corrected chi connectivity index (χ0v) is 11.9. The van der Waals surface area contributed by atoms with Crippen LogP contribution in [0.15, 0.2) is 48.9 Å². The number of rotatable bonds is 3. The molecule has 0 spiro atoms. The highest BCUT2D eigenvalue weighted by Gasteiger charge is 2.24. The van der Waals surface area contributed by atoms with Crippen LogP contribution in [0.5, 0.6) is 0 Å². The van der Waals surface area contributed by atoms with Gasteiger partial charge >= 0.3 is 0 Å². The number of pyridine rings is 2. The van der Waals surface area contributed by atoms with Gasteiger partial charge in [-0.1, -0.05) is 6.07 Å². The normalized spacial score (nSPS) is 15.9. The molecule has 0 radical (unpaired) electrons. The number of piperazine rings is 1. The van der Waals surface area contributed by atoms with Crippen LogP contribution in [0.25, 0.3) is 0 Å². The molecule has 1 N–H and O–H groups in total. The number of hydrogen-bond acceptors (Lipinski definition) is 3. The topological polar surface area (TPSA) is 50.5 Å². The molecule has 0 aliphatic carbocycles. The lowest BCUT2D eigenvalue weighted by Crippen LogP contribution is -3.13. The number of nitrogens with zero attached hydrogens (tertiary/aromatic N) is 3. The molecule has 3 rings (SSSR count). The predicted molar refractivity (Wildman–Crippen MR) is 78.8 cm³/mol. The number of carbonyl (C=O) groups is 1. The molecule has 1 amide bonds. The van der Waals surface area contributed by atoms with Gasteiger partial charge in [-0.05, 0) is 24.3 Å². The lowest BCUT2D eigenvalue weighted by atomic mass is 10.2. The summed E-state index contributed by atoms with van der Waals surface area (Å²) in [5.74, 6) is 0.0833. The number of aromatic nitrogens is 2. The van der Waals surface area contributed by atoms with E-state index in [9.17, 15) is 4.79 Å². The molecule has 1 fully saturated rings. The number of carbonyl (C=O) groups excluding carboxylic acids is 1. The van der Waals surface area contributed by atoms with E-state index in [4.69, 9.17) is 0 Å². The van der Waals surface area contributed by atoms with Gasteiger partial charge in [0.2, 0.25) is 0 Å². The summed E-state index contributed by atoms with van der Waals surface area (Å²) in [6, 6.07) is 9.63. The highest BCUT2D eigenvalue weighted by molar-refractivity contribution is 5.93. The van der Waals surface area contributed by atoms with Crippen LogP contribution in [0.4, 0.5) is 0 Å². The van der Waals surface area contributed by atoms with Crippen LogP contribution in [-0.2, 0) is 6.54 Å². The molecule has 0 unspecified atom stereocenters. The quantitative estimate of drug-likeness (QED) is 0.864. The van der Waals surface area contributed by atoms with Crippen LogP contribution in [0.1, 0.15) is 16.1 Å². The van der Waals surface area contributed by atoms with Crippen molar-refractivity contribution in [3.63, 3.8) is 0 Å². The molecule has 0 bridgehead atoms. The molecule has 1 aliphatic rings. The summed E-state index contributed by atoms with van der Waals surface area (Å²) in [5.41, 5.74) is 1.78. The summed E-state index contributed by atoms with van der Waals surface area (Å²) in [7, 11) is 0. The second-order valence-electron chi connectivity index (χ2n) is 5.28. The molecule has 21 heavy (non-hydrogen) atoms. The third kappa shape index (κ3) is 3.44. The Bertz CT molecular complexity index is 580. The first kappa shape index (κ1) is 13.7. The minimum atomic E-state index is 0.0833. The van der Waals surface area contributed by atoms with E-state index in [1.54, 1.807) is 18.5 Å². The molecule has 1 saturated heterocycles. The summed E-state index contributed by atoms with van der Waals surface area (Å²) in [5, 5.41) is 0. The van der Waals surface area contributed by atoms with Gasteiger partial charge in [-0.25, -0.2) is 0 Å². The molecule has 1 aliphatic heterocycles. The smallest absolute Gasteiger partial charge is 0.255 e. The first-order valence-corrected chi connectivity index (χ1v) is 7.26. The number of quaternary nitrogens is 1. The average molecular weight is 283 g/mol. The molecule has 2 aromatic heterocycles. The van der Waals surface area contributed by atoms with E-state index in [0.717, 1.165) is 38.4 Å². The summed E-state index contributed by atoms with van der Waals surface area (Å²) < 4.78 is 0. The molecule has 0 aromatic carbocycles. The van der Waals surface area contributed by atoms with Crippen molar-refractivity contribution < 1.29 is 9.69 Å². The minimum absolute atomic E-state index is 0.0833. The third-order valence-corrected chi connectivity index (χ3v) is 3.82. The second-order valence-corrected chi connectivity index (χ2v) is 5.28. The van der Waals surface area contributed by atoms with E-state index >= 15 is 0 Å². The van der Waals surface area contributed by atoms with E-state index in [1.165, 1.54) is 4.90 Å². The summed E-state index contributed by atoms with van der Waals surface area (Å²) in [6.07, 6.45) is 5.15. The Hall–Kier alpha value is -2.27. The molecule has 5 heteroatoms. The van der Waals surface area contributed by atoms with Crippen LogP contribution in [-0.4, -0.2) is 47.0 Å². The van der Waals surface area contributed by atoms with Gasteiger partial charge in [-0.2, -0.15) is 0 Å². The number of amides is 1. The van der Waals surface area contributed by atoms with Crippen molar-refractivity contribution in [2.45, 2.75) is 6.54 Å². The van der Waals surface area contributed by atoms with E-state index in [-0.39, 0.29) is 5.91 Å². The molecule has 0 atom stereocenters. The second kappa shape index (κ2) is 6.45. The van der Waals surface area contributed by atoms with Crippen molar-refractivity contribution in [1.29, 1.82) is 0 Å². The summed E-state index contributed by atoms with van der Waals surface area (Å²) in [6.45, 7) is 4.42. The maximum atomic E-state index is 12.3. The number of hydrogen-bond donors (Lipinski definition) is 1. The maximum Gasteiger partial charge on any atom is 0.255 e. The zero-order chi connectivity index (χ0) is 14.5. The monoisotopic (exact) mass is 283 g/mol. The van der Waals surface area contributed by atoms with Crippen molar-refractivity contribution in [3.8, 4) is 0 Å². The lowest BCUT2D eigenvalue weighted by Gasteiger charge is -2.32. The molecule has 108 valence electrons. The largest absolute Gasteiger partial charge is 0.327 e. The molecule has 3 heterocycles. The van der Waals surface area contributed by atoms with E-state index < -0.39 is 0 Å². The molecule has 2 aromatic rings. The standard InChI is InChI=1S/C16H18N4O/c21-16(14-4-3-6-17-12-14)20-10-8-19(9-11-20)13-15-5-1-2-7-18-15/h1-7,12H,8-11,13H2/p+1. The van der Waals surface area contributed by atoms with Crippen LogP contribution < -0.4 is 4.90 Å². The Morgan fingerprint density at radius 3 is 2.67 bits per heavy atom. The Labute approximate surface area is 124 Å². The average Bonchev–Trinajstić information content (AvgIpc) is 2.57. The first-order chi connectivity index (χ1) is 10.3. The van der Waals surface area contributed by atoms with Gasteiger partial charge in [0, 0.05) is 18.6 Å². The number of nitrogens with one attached hydrogen (secondary N) is 1. The van der Waals surface area contributed by atoms with Crippen LogP contribution in [0.2, 0.25) is 0 Å². The Kier molecular flexibility index (Phi) is 4.21. The molecule has 5 nitrogen and oxygen atoms in total. The molecular weight excluding hydrogens is 264 g/mol. The lowest BCUT2D eigenvalue weighted by molar-refractivity contribution is -0.917. The van der Waals surface area contributed by atoms with Crippen molar-refractivity contribution in [2.24, 2.45) is 0 Å². The minimum Gasteiger partial charge on any atom is -0.327 e. The van der Waals surface area contributed by atoms with E-state index in [0.29, 0.717) is 5.56 Å². The Balaban J connectivity index is 1.54. The Morgan fingerprint density at radius 1 is 1.14 bits per heavy atom.